The van der Waals surface area contributed by atoms with Gasteiger partial charge in [-0.25, -0.2) is 13.4 Å². The van der Waals surface area contributed by atoms with Crippen LogP contribution >= 0.6 is 0 Å². The maximum atomic E-state index is 12.2. The normalized spacial score (nSPS) is 14.7. The van der Waals surface area contributed by atoms with E-state index < -0.39 is 10.0 Å². The first-order valence-corrected chi connectivity index (χ1v) is 9.59. The third kappa shape index (κ3) is 2.78. The molecule has 2 aromatic heterocycles. The second-order valence-corrected chi connectivity index (χ2v) is 8.11. The van der Waals surface area contributed by atoms with Gasteiger partial charge in [0.15, 0.2) is 0 Å². The van der Waals surface area contributed by atoms with Crippen molar-refractivity contribution in [2.45, 2.75) is 5.75 Å². The molecule has 0 radical (unpaired) electrons. The lowest BCUT2D eigenvalue weighted by Crippen LogP contribution is -2.22. The van der Waals surface area contributed by atoms with Crippen LogP contribution in [0.5, 0.6) is 0 Å². The van der Waals surface area contributed by atoms with Crippen LogP contribution in [0.1, 0.15) is 16.1 Å². The van der Waals surface area contributed by atoms with Crippen LogP contribution in [0.25, 0.3) is 22.0 Å². The molecule has 0 unspecified atom stereocenters. The van der Waals surface area contributed by atoms with Crippen molar-refractivity contribution in [2.75, 3.05) is 18.8 Å². The monoisotopic (exact) mass is 368 g/mol. The van der Waals surface area contributed by atoms with Gasteiger partial charge < -0.3 is 4.90 Å². The number of amides is 1. The predicted molar refractivity (Wildman–Crippen MR) is 99.2 cm³/mol. The summed E-state index contributed by atoms with van der Waals surface area (Å²) < 4.78 is 26.0. The Balaban J connectivity index is 1.87. The number of fused-ring (bicyclic) bond motifs is 2. The van der Waals surface area contributed by atoms with Crippen molar-refractivity contribution in [1.29, 1.82) is 0 Å². The number of nitrogens with one attached hydrogen (secondary N) is 1. The fourth-order valence-corrected chi connectivity index (χ4v) is 4.25. The molecule has 132 valence electrons. The van der Waals surface area contributed by atoms with Crippen molar-refractivity contribution in [3.05, 3.63) is 54.0 Å². The van der Waals surface area contributed by atoms with Crippen LogP contribution in [0, 0.1) is 0 Å². The highest BCUT2D eigenvalue weighted by atomic mass is 32.2. The van der Waals surface area contributed by atoms with Gasteiger partial charge in [0.05, 0.1) is 17.0 Å². The van der Waals surface area contributed by atoms with Gasteiger partial charge >= 0.3 is 0 Å². The quantitative estimate of drug-likeness (QED) is 0.749. The maximum absolute atomic E-state index is 12.2. The third-order valence-electron chi connectivity index (χ3n) is 4.25. The summed E-state index contributed by atoms with van der Waals surface area (Å²) in [5.74, 6) is -0.231. The molecule has 8 heteroatoms. The van der Waals surface area contributed by atoms with E-state index in [-0.39, 0.29) is 11.7 Å². The molecule has 1 aromatic carbocycles. The average Bonchev–Trinajstić information content (AvgIpc) is 2.92. The number of aromatic nitrogens is 2. The zero-order valence-electron chi connectivity index (χ0n) is 14.2. The fraction of sp³-hybridized carbons (Fsp3) is 0.167. The molecule has 0 aliphatic carbocycles. The minimum absolute atomic E-state index is 0.0494. The van der Waals surface area contributed by atoms with Gasteiger partial charge in [-0.15, -0.1) is 0 Å². The summed E-state index contributed by atoms with van der Waals surface area (Å²) in [5, 5.41) is 0.809. The minimum Gasteiger partial charge on any atom is -0.343 e. The zero-order valence-corrected chi connectivity index (χ0v) is 15.0. The molecule has 1 aliphatic rings. The van der Waals surface area contributed by atoms with E-state index in [0.29, 0.717) is 22.5 Å². The smallest absolute Gasteiger partial charge is 0.271 e. The van der Waals surface area contributed by atoms with Gasteiger partial charge in [0.1, 0.15) is 5.69 Å². The number of hydrogen-bond donors (Lipinski definition) is 1. The first-order chi connectivity index (χ1) is 12.3. The number of benzene rings is 1. The standard InChI is InChI=1S/C18H16N4O3S/c1-22(2)18(23)16-6-4-12-8-19-9-14(17(12)20-16)11-3-5-15-13(7-11)10-26(24,25)21-15/h3-9,21H,10H2,1-2H3. The minimum atomic E-state index is -3.31. The number of carbonyl (C=O) groups is 1. The number of anilines is 1. The molecular formula is C18H16N4O3S. The van der Waals surface area contributed by atoms with Gasteiger partial charge in [0.25, 0.3) is 5.91 Å². The Morgan fingerprint density at radius 1 is 1.15 bits per heavy atom. The molecule has 4 rings (SSSR count). The molecule has 0 fully saturated rings. The maximum Gasteiger partial charge on any atom is 0.271 e. The zero-order chi connectivity index (χ0) is 18.5. The number of carbonyl (C=O) groups excluding carboxylic acids is 1. The Morgan fingerprint density at radius 2 is 1.96 bits per heavy atom. The summed E-state index contributed by atoms with van der Waals surface area (Å²) in [6.45, 7) is 0. The average molecular weight is 368 g/mol. The molecule has 1 aliphatic heterocycles. The van der Waals surface area contributed by atoms with Gasteiger partial charge in [-0.3, -0.25) is 14.5 Å². The Hall–Kier alpha value is -3.00. The molecule has 0 saturated heterocycles. The highest BCUT2D eigenvalue weighted by Crippen LogP contribution is 2.33. The molecule has 0 atom stereocenters. The summed E-state index contributed by atoms with van der Waals surface area (Å²) in [6.07, 6.45) is 3.37. The molecule has 0 bridgehead atoms. The Labute approximate surface area is 150 Å². The van der Waals surface area contributed by atoms with Gasteiger partial charge in [-0.2, -0.15) is 0 Å². The Bertz CT molecular complexity index is 1160. The second kappa shape index (κ2) is 5.77. The molecular weight excluding hydrogens is 352 g/mol. The summed E-state index contributed by atoms with van der Waals surface area (Å²) >= 11 is 0. The second-order valence-electron chi connectivity index (χ2n) is 6.39. The largest absolute Gasteiger partial charge is 0.343 e. The molecule has 0 saturated carbocycles. The van der Waals surface area contributed by atoms with Crippen molar-refractivity contribution in [3.8, 4) is 11.1 Å². The number of sulfonamides is 1. The van der Waals surface area contributed by atoms with Crippen LogP contribution in [-0.2, 0) is 15.8 Å². The number of nitrogens with zero attached hydrogens (tertiary/aromatic N) is 3. The molecule has 3 aromatic rings. The van der Waals surface area contributed by atoms with Crippen molar-refractivity contribution < 1.29 is 13.2 Å². The van der Waals surface area contributed by atoms with Crippen LogP contribution in [0.15, 0.2) is 42.7 Å². The summed E-state index contributed by atoms with van der Waals surface area (Å²) in [6, 6.07) is 8.88. The van der Waals surface area contributed by atoms with E-state index in [9.17, 15) is 13.2 Å². The van der Waals surface area contributed by atoms with Gasteiger partial charge in [0, 0.05) is 37.4 Å². The van der Waals surface area contributed by atoms with Crippen molar-refractivity contribution in [3.63, 3.8) is 0 Å². The van der Waals surface area contributed by atoms with Crippen LogP contribution in [0.2, 0.25) is 0 Å². The van der Waals surface area contributed by atoms with Crippen LogP contribution in [-0.4, -0.2) is 43.3 Å². The van der Waals surface area contributed by atoms with E-state index in [4.69, 9.17) is 0 Å². The van der Waals surface area contributed by atoms with E-state index in [1.54, 1.807) is 38.6 Å². The SMILES string of the molecule is CN(C)C(=O)c1ccc2cncc(-c3ccc4c(c3)CS(=O)(=O)N4)c2n1. The van der Waals surface area contributed by atoms with Gasteiger partial charge in [-0.05, 0) is 35.4 Å². The molecule has 1 amide bonds. The first-order valence-electron chi connectivity index (χ1n) is 7.94. The van der Waals surface area contributed by atoms with Crippen LogP contribution in [0.4, 0.5) is 5.69 Å². The lowest BCUT2D eigenvalue weighted by molar-refractivity contribution is 0.0822. The number of hydrogen-bond acceptors (Lipinski definition) is 5. The van der Waals surface area contributed by atoms with E-state index in [1.807, 2.05) is 18.2 Å². The van der Waals surface area contributed by atoms with Crippen LogP contribution < -0.4 is 4.72 Å². The lowest BCUT2D eigenvalue weighted by atomic mass is 10.0. The third-order valence-corrected chi connectivity index (χ3v) is 5.47. The molecule has 3 heterocycles. The highest BCUT2D eigenvalue weighted by Gasteiger charge is 2.24. The molecule has 26 heavy (non-hydrogen) atoms. The van der Waals surface area contributed by atoms with Gasteiger partial charge in [-0.1, -0.05) is 6.07 Å². The predicted octanol–water partition coefficient (Wildman–Crippen LogP) is 2.25. The summed E-state index contributed by atoms with van der Waals surface area (Å²) in [5.41, 5.74) is 3.87. The van der Waals surface area contributed by atoms with Crippen LogP contribution in [0.3, 0.4) is 0 Å². The number of pyridine rings is 2. The highest BCUT2D eigenvalue weighted by molar-refractivity contribution is 7.92. The van der Waals surface area contributed by atoms with Crippen molar-refractivity contribution in [1.82, 2.24) is 14.9 Å². The molecule has 7 nitrogen and oxygen atoms in total. The Kier molecular flexibility index (Phi) is 3.66. The molecule has 1 N–H and O–H groups in total. The van der Waals surface area contributed by atoms with Crippen molar-refractivity contribution in [2.24, 2.45) is 0 Å². The van der Waals surface area contributed by atoms with E-state index in [0.717, 1.165) is 16.5 Å². The van der Waals surface area contributed by atoms with Gasteiger partial charge in [0.2, 0.25) is 10.0 Å². The number of rotatable bonds is 2. The topological polar surface area (TPSA) is 92.3 Å². The fourth-order valence-electron chi connectivity index (χ4n) is 2.99. The first kappa shape index (κ1) is 16.5. The van der Waals surface area contributed by atoms with Crippen molar-refractivity contribution >= 4 is 32.5 Å². The lowest BCUT2D eigenvalue weighted by Gasteiger charge is -2.11. The summed E-state index contributed by atoms with van der Waals surface area (Å²) in [7, 11) is 0.0466. The van der Waals surface area contributed by atoms with E-state index in [2.05, 4.69) is 14.7 Å². The Morgan fingerprint density at radius 3 is 2.73 bits per heavy atom. The summed E-state index contributed by atoms with van der Waals surface area (Å²) in [4.78, 5) is 22.5. The van der Waals surface area contributed by atoms with E-state index >= 15 is 0 Å². The van der Waals surface area contributed by atoms with E-state index in [1.165, 1.54) is 4.90 Å². The molecule has 0 spiro atoms.